The first-order chi connectivity index (χ1) is 7.35. The summed E-state index contributed by atoms with van der Waals surface area (Å²) in [6.07, 6.45) is 0.757. The fourth-order valence-electron chi connectivity index (χ4n) is 1.54. The molecule has 0 bridgehead atoms. The first-order valence-electron chi connectivity index (χ1n) is 5.75. The van der Waals surface area contributed by atoms with E-state index in [1.54, 1.807) is 11.3 Å². The molecule has 0 saturated heterocycles. The first-order valence-corrected chi connectivity index (χ1v) is 6.57. The van der Waals surface area contributed by atoms with Gasteiger partial charge in [0.15, 0.2) is 0 Å². The summed E-state index contributed by atoms with van der Waals surface area (Å²) in [6.45, 7) is 10.6. The highest BCUT2D eigenvalue weighted by molar-refractivity contribution is 7.11. The van der Waals surface area contributed by atoms with E-state index in [4.69, 9.17) is 0 Å². The number of aliphatic hydroxyl groups is 1. The molecule has 0 spiro atoms. The van der Waals surface area contributed by atoms with Gasteiger partial charge in [0.2, 0.25) is 0 Å². The van der Waals surface area contributed by atoms with Gasteiger partial charge in [0.1, 0.15) is 0 Å². The van der Waals surface area contributed by atoms with Crippen LogP contribution >= 0.6 is 11.3 Å². The normalized spacial score (nSPS) is 17.1. The largest absolute Gasteiger partial charge is 0.389 e. The summed E-state index contributed by atoms with van der Waals surface area (Å²) in [4.78, 5) is 5.68. The van der Waals surface area contributed by atoms with Crippen LogP contribution in [0.3, 0.4) is 0 Å². The topological polar surface area (TPSA) is 45.1 Å². The van der Waals surface area contributed by atoms with Crippen molar-refractivity contribution in [1.29, 1.82) is 0 Å². The van der Waals surface area contributed by atoms with Crippen molar-refractivity contribution in [3.05, 3.63) is 15.6 Å². The van der Waals surface area contributed by atoms with E-state index in [0.29, 0.717) is 6.54 Å². The molecular weight excluding hydrogens is 220 g/mol. The summed E-state index contributed by atoms with van der Waals surface area (Å²) in [5, 5.41) is 14.4. The van der Waals surface area contributed by atoms with Crippen molar-refractivity contribution < 1.29 is 5.11 Å². The van der Waals surface area contributed by atoms with Crippen LogP contribution in [0.5, 0.6) is 0 Å². The van der Waals surface area contributed by atoms with Crippen molar-refractivity contribution in [2.45, 2.75) is 52.7 Å². The Morgan fingerprint density at radius 3 is 2.56 bits per heavy atom. The predicted molar refractivity (Wildman–Crippen MR) is 68.9 cm³/mol. The third-order valence-corrected chi connectivity index (χ3v) is 4.14. The molecule has 2 unspecified atom stereocenters. The Morgan fingerprint density at radius 1 is 1.50 bits per heavy atom. The third-order valence-electron chi connectivity index (χ3n) is 2.88. The molecule has 0 aliphatic carbocycles. The molecule has 1 aromatic rings. The van der Waals surface area contributed by atoms with E-state index in [1.165, 1.54) is 4.88 Å². The van der Waals surface area contributed by atoms with Crippen LogP contribution in [0, 0.1) is 13.8 Å². The number of nitrogens with zero attached hydrogens (tertiary/aromatic N) is 1. The van der Waals surface area contributed by atoms with Gasteiger partial charge in [-0.25, -0.2) is 4.98 Å². The molecule has 3 nitrogen and oxygen atoms in total. The van der Waals surface area contributed by atoms with Gasteiger partial charge in [-0.15, -0.1) is 11.3 Å². The van der Waals surface area contributed by atoms with E-state index in [1.807, 2.05) is 27.7 Å². The van der Waals surface area contributed by atoms with Gasteiger partial charge < -0.3 is 10.4 Å². The van der Waals surface area contributed by atoms with Gasteiger partial charge in [-0.2, -0.15) is 0 Å². The van der Waals surface area contributed by atoms with Crippen molar-refractivity contribution in [1.82, 2.24) is 10.3 Å². The van der Waals surface area contributed by atoms with Gasteiger partial charge in [-0.3, -0.25) is 0 Å². The molecule has 0 aliphatic rings. The summed E-state index contributed by atoms with van der Waals surface area (Å²) >= 11 is 1.73. The van der Waals surface area contributed by atoms with Crippen LogP contribution in [-0.2, 0) is 0 Å². The number of hydrogen-bond acceptors (Lipinski definition) is 4. The average Bonchev–Trinajstić information content (AvgIpc) is 2.54. The third kappa shape index (κ3) is 3.54. The zero-order valence-corrected chi connectivity index (χ0v) is 11.6. The zero-order valence-electron chi connectivity index (χ0n) is 10.8. The fourth-order valence-corrected chi connectivity index (χ4v) is 2.49. The molecule has 4 heteroatoms. The second-order valence-electron chi connectivity index (χ2n) is 4.64. The fraction of sp³-hybridized carbons (Fsp3) is 0.750. The molecule has 1 rings (SSSR count). The molecule has 1 aromatic heterocycles. The highest BCUT2D eigenvalue weighted by atomic mass is 32.1. The Bertz CT molecular complexity index is 347. The maximum Gasteiger partial charge on any atom is 0.0900 e. The molecule has 0 aliphatic heterocycles. The Kier molecular flexibility index (Phi) is 4.47. The van der Waals surface area contributed by atoms with Gasteiger partial charge in [0, 0.05) is 17.5 Å². The van der Waals surface area contributed by atoms with Crippen molar-refractivity contribution >= 4 is 11.3 Å². The molecule has 0 amide bonds. The minimum Gasteiger partial charge on any atom is -0.389 e. The summed E-state index contributed by atoms with van der Waals surface area (Å²) < 4.78 is 0. The monoisotopic (exact) mass is 242 g/mol. The van der Waals surface area contributed by atoms with Crippen molar-refractivity contribution in [3.8, 4) is 0 Å². The quantitative estimate of drug-likeness (QED) is 0.834. The van der Waals surface area contributed by atoms with Crippen molar-refractivity contribution in [2.24, 2.45) is 0 Å². The van der Waals surface area contributed by atoms with E-state index in [9.17, 15) is 5.11 Å². The number of hydrogen-bond donors (Lipinski definition) is 2. The minimum atomic E-state index is -0.623. The Labute approximate surface area is 102 Å². The molecule has 2 atom stereocenters. The van der Waals surface area contributed by atoms with Crippen LogP contribution in [0.25, 0.3) is 0 Å². The summed E-state index contributed by atoms with van der Waals surface area (Å²) in [5.74, 6) is 0. The lowest BCUT2D eigenvalue weighted by Gasteiger charge is -2.24. The summed E-state index contributed by atoms with van der Waals surface area (Å²) in [6, 6.07) is 0.254. The second-order valence-corrected chi connectivity index (χ2v) is 5.87. The number of rotatable bonds is 5. The minimum absolute atomic E-state index is 0.254. The standard InChI is InChI=1S/C12H22N2OS/c1-6-12(5,15)7-13-8(2)11-9(3)14-10(4)16-11/h8,13,15H,6-7H2,1-5H3. The first kappa shape index (κ1) is 13.6. The SMILES string of the molecule is CCC(C)(O)CNC(C)c1sc(C)nc1C. The van der Waals surface area contributed by atoms with E-state index >= 15 is 0 Å². The molecule has 0 aromatic carbocycles. The Balaban J connectivity index is 2.59. The lowest BCUT2D eigenvalue weighted by Crippen LogP contribution is -2.38. The molecule has 16 heavy (non-hydrogen) atoms. The zero-order chi connectivity index (χ0) is 12.3. The maximum absolute atomic E-state index is 9.92. The molecule has 92 valence electrons. The van der Waals surface area contributed by atoms with Crippen LogP contribution in [0.1, 0.15) is 48.8 Å². The number of thiazole rings is 1. The predicted octanol–water partition coefficient (Wildman–Crippen LogP) is 2.57. The van der Waals surface area contributed by atoms with E-state index in [0.717, 1.165) is 17.1 Å². The van der Waals surface area contributed by atoms with Crippen LogP contribution in [-0.4, -0.2) is 22.2 Å². The Hall–Kier alpha value is -0.450. The molecule has 0 saturated carbocycles. The summed E-state index contributed by atoms with van der Waals surface area (Å²) in [5.41, 5.74) is 0.473. The van der Waals surface area contributed by atoms with Crippen molar-refractivity contribution in [2.75, 3.05) is 6.54 Å². The number of nitrogens with one attached hydrogen (secondary N) is 1. The van der Waals surface area contributed by atoms with Gasteiger partial charge >= 0.3 is 0 Å². The van der Waals surface area contributed by atoms with Crippen LogP contribution in [0.15, 0.2) is 0 Å². The molecular formula is C12H22N2OS. The number of aryl methyl sites for hydroxylation is 2. The van der Waals surface area contributed by atoms with Gasteiger partial charge in [0.05, 0.1) is 16.3 Å². The molecule has 0 fully saturated rings. The smallest absolute Gasteiger partial charge is 0.0900 e. The van der Waals surface area contributed by atoms with Gasteiger partial charge in [0.25, 0.3) is 0 Å². The van der Waals surface area contributed by atoms with E-state index in [2.05, 4.69) is 17.2 Å². The highest BCUT2D eigenvalue weighted by Gasteiger charge is 2.20. The number of aromatic nitrogens is 1. The molecule has 1 heterocycles. The van der Waals surface area contributed by atoms with Crippen molar-refractivity contribution in [3.63, 3.8) is 0 Å². The average molecular weight is 242 g/mol. The summed E-state index contributed by atoms with van der Waals surface area (Å²) in [7, 11) is 0. The van der Waals surface area contributed by atoms with Crippen LogP contribution < -0.4 is 5.32 Å². The lowest BCUT2D eigenvalue weighted by molar-refractivity contribution is 0.0534. The van der Waals surface area contributed by atoms with Crippen LogP contribution in [0.2, 0.25) is 0 Å². The Morgan fingerprint density at radius 2 is 2.12 bits per heavy atom. The highest BCUT2D eigenvalue weighted by Crippen LogP contribution is 2.24. The van der Waals surface area contributed by atoms with Crippen LogP contribution in [0.4, 0.5) is 0 Å². The van der Waals surface area contributed by atoms with Gasteiger partial charge in [-0.1, -0.05) is 6.92 Å². The molecule has 0 radical (unpaired) electrons. The van der Waals surface area contributed by atoms with E-state index in [-0.39, 0.29) is 6.04 Å². The molecule has 2 N–H and O–H groups in total. The lowest BCUT2D eigenvalue weighted by atomic mass is 10.0. The maximum atomic E-state index is 9.92. The van der Waals surface area contributed by atoms with E-state index < -0.39 is 5.60 Å². The second kappa shape index (κ2) is 5.25. The van der Waals surface area contributed by atoms with Gasteiger partial charge in [-0.05, 0) is 34.1 Å².